The van der Waals surface area contributed by atoms with E-state index in [2.05, 4.69) is 22.8 Å². The zero-order valence-electron chi connectivity index (χ0n) is 15.2. The van der Waals surface area contributed by atoms with Gasteiger partial charge in [0.15, 0.2) is 0 Å². The van der Waals surface area contributed by atoms with Gasteiger partial charge in [0, 0.05) is 33.0 Å². The number of carbonyl (C=O) groups is 3. The van der Waals surface area contributed by atoms with Crippen molar-refractivity contribution >= 4 is 17.7 Å². The molecule has 0 radical (unpaired) electrons. The zero-order chi connectivity index (χ0) is 18.4. The second kappa shape index (κ2) is 8.65. The van der Waals surface area contributed by atoms with Crippen molar-refractivity contribution in [2.75, 3.05) is 6.54 Å². The number of carbonyl (C=O) groups excluding carboxylic acids is 3. The first-order valence-corrected chi connectivity index (χ1v) is 8.78. The summed E-state index contributed by atoms with van der Waals surface area (Å²) in [5, 5.41) is 5.47. The molecule has 1 aliphatic rings. The molecule has 136 valence electrons. The molecule has 0 aromatic heterocycles. The Balaban J connectivity index is 1.71. The van der Waals surface area contributed by atoms with Gasteiger partial charge in [-0.25, -0.2) is 0 Å². The Kier molecular flexibility index (Phi) is 6.56. The van der Waals surface area contributed by atoms with E-state index in [1.54, 1.807) is 0 Å². The molecule has 25 heavy (non-hydrogen) atoms. The van der Waals surface area contributed by atoms with Gasteiger partial charge in [0.25, 0.3) is 0 Å². The molecule has 1 unspecified atom stereocenters. The monoisotopic (exact) mass is 345 g/mol. The lowest BCUT2D eigenvalue weighted by molar-refractivity contribution is -0.132. The minimum absolute atomic E-state index is 0.00800. The summed E-state index contributed by atoms with van der Waals surface area (Å²) in [7, 11) is 0. The Hall–Kier alpha value is -2.37. The molecule has 2 rings (SSSR count). The highest BCUT2D eigenvalue weighted by atomic mass is 16.2. The van der Waals surface area contributed by atoms with E-state index >= 15 is 0 Å². The third-order valence-corrected chi connectivity index (χ3v) is 4.37. The first-order valence-electron chi connectivity index (χ1n) is 8.78. The first kappa shape index (κ1) is 19.0. The van der Waals surface area contributed by atoms with Gasteiger partial charge < -0.3 is 15.5 Å². The van der Waals surface area contributed by atoms with Gasteiger partial charge in [-0.05, 0) is 23.5 Å². The molecule has 3 amide bonds. The standard InChI is InChI=1S/C19H27N3O3/c1-13(2)18(21-14(3)23)19(25)20-10-6-9-17(24)22-11-15-7-4-5-8-16(15)12-22/h4-5,7-8,13,18H,6,9-12H2,1-3H3,(H,20,25)(H,21,23). The summed E-state index contributed by atoms with van der Waals surface area (Å²) in [6, 6.07) is 7.54. The lowest BCUT2D eigenvalue weighted by Gasteiger charge is -2.21. The number of nitrogens with one attached hydrogen (secondary N) is 2. The highest BCUT2D eigenvalue weighted by molar-refractivity contribution is 5.87. The average Bonchev–Trinajstić information content (AvgIpc) is 3.00. The first-order chi connectivity index (χ1) is 11.9. The van der Waals surface area contributed by atoms with E-state index in [1.807, 2.05) is 30.9 Å². The van der Waals surface area contributed by atoms with E-state index in [9.17, 15) is 14.4 Å². The molecule has 1 aromatic carbocycles. The molecule has 1 aliphatic heterocycles. The van der Waals surface area contributed by atoms with Crippen LogP contribution in [0.3, 0.4) is 0 Å². The molecule has 0 saturated carbocycles. The fraction of sp³-hybridized carbons (Fsp3) is 0.526. The number of hydrogen-bond acceptors (Lipinski definition) is 3. The molecule has 6 nitrogen and oxygen atoms in total. The summed E-state index contributed by atoms with van der Waals surface area (Å²) in [5.41, 5.74) is 2.42. The minimum atomic E-state index is -0.540. The van der Waals surface area contributed by atoms with E-state index in [-0.39, 0.29) is 23.6 Å². The Morgan fingerprint density at radius 3 is 2.24 bits per heavy atom. The van der Waals surface area contributed by atoms with Crippen molar-refractivity contribution in [3.63, 3.8) is 0 Å². The van der Waals surface area contributed by atoms with Crippen LogP contribution < -0.4 is 10.6 Å². The van der Waals surface area contributed by atoms with Crippen molar-refractivity contribution in [1.82, 2.24) is 15.5 Å². The van der Waals surface area contributed by atoms with E-state index in [4.69, 9.17) is 0 Å². The Morgan fingerprint density at radius 1 is 1.12 bits per heavy atom. The molecular weight excluding hydrogens is 318 g/mol. The van der Waals surface area contributed by atoms with E-state index in [0.717, 1.165) is 0 Å². The third kappa shape index (κ3) is 5.31. The molecular formula is C19H27N3O3. The molecule has 1 aromatic rings. The Bertz CT molecular complexity index is 618. The van der Waals surface area contributed by atoms with Crippen LogP contribution in [0.2, 0.25) is 0 Å². The second-order valence-corrected chi connectivity index (χ2v) is 6.84. The van der Waals surface area contributed by atoms with Gasteiger partial charge in [0.05, 0.1) is 0 Å². The number of hydrogen-bond donors (Lipinski definition) is 2. The van der Waals surface area contributed by atoms with Crippen molar-refractivity contribution in [3.05, 3.63) is 35.4 Å². The molecule has 0 spiro atoms. The van der Waals surface area contributed by atoms with Gasteiger partial charge >= 0.3 is 0 Å². The van der Waals surface area contributed by atoms with Crippen molar-refractivity contribution < 1.29 is 14.4 Å². The molecule has 1 heterocycles. The Morgan fingerprint density at radius 2 is 1.72 bits per heavy atom. The lowest BCUT2D eigenvalue weighted by Crippen LogP contribution is -2.49. The van der Waals surface area contributed by atoms with E-state index < -0.39 is 6.04 Å². The van der Waals surface area contributed by atoms with Crippen LogP contribution in [0.4, 0.5) is 0 Å². The maximum atomic E-state index is 12.3. The topological polar surface area (TPSA) is 78.5 Å². The van der Waals surface area contributed by atoms with Crippen LogP contribution in [-0.2, 0) is 27.5 Å². The van der Waals surface area contributed by atoms with Crippen LogP contribution in [0, 0.1) is 5.92 Å². The number of benzene rings is 1. The van der Waals surface area contributed by atoms with Crippen LogP contribution in [0.25, 0.3) is 0 Å². The largest absolute Gasteiger partial charge is 0.354 e. The maximum Gasteiger partial charge on any atom is 0.242 e. The molecule has 6 heteroatoms. The maximum absolute atomic E-state index is 12.3. The van der Waals surface area contributed by atoms with Crippen molar-refractivity contribution in [1.29, 1.82) is 0 Å². The van der Waals surface area contributed by atoms with Gasteiger partial charge in [-0.15, -0.1) is 0 Å². The van der Waals surface area contributed by atoms with Crippen molar-refractivity contribution in [2.24, 2.45) is 5.92 Å². The summed E-state index contributed by atoms with van der Waals surface area (Å²) < 4.78 is 0. The van der Waals surface area contributed by atoms with Gasteiger partial charge in [0.1, 0.15) is 6.04 Å². The third-order valence-electron chi connectivity index (χ3n) is 4.37. The van der Waals surface area contributed by atoms with Gasteiger partial charge in [-0.1, -0.05) is 38.1 Å². The van der Waals surface area contributed by atoms with E-state index in [0.29, 0.717) is 32.5 Å². The van der Waals surface area contributed by atoms with Crippen molar-refractivity contribution in [2.45, 2.75) is 52.7 Å². The molecule has 0 aliphatic carbocycles. The molecule has 1 atom stereocenters. The van der Waals surface area contributed by atoms with Crippen LogP contribution in [0.15, 0.2) is 24.3 Å². The number of amides is 3. The molecule has 0 bridgehead atoms. The van der Waals surface area contributed by atoms with Crippen LogP contribution in [0.5, 0.6) is 0 Å². The number of fused-ring (bicyclic) bond motifs is 1. The summed E-state index contributed by atoms with van der Waals surface area (Å²) in [6.07, 6.45) is 0.989. The molecule has 0 saturated heterocycles. The summed E-state index contributed by atoms with van der Waals surface area (Å²) in [6.45, 7) is 6.92. The summed E-state index contributed by atoms with van der Waals surface area (Å²) in [4.78, 5) is 37.5. The van der Waals surface area contributed by atoms with Crippen LogP contribution >= 0.6 is 0 Å². The number of rotatable bonds is 7. The quantitative estimate of drug-likeness (QED) is 0.737. The minimum Gasteiger partial charge on any atom is -0.354 e. The van der Waals surface area contributed by atoms with Crippen LogP contribution in [0.1, 0.15) is 44.7 Å². The second-order valence-electron chi connectivity index (χ2n) is 6.84. The average molecular weight is 345 g/mol. The molecule has 0 fully saturated rings. The zero-order valence-corrected chi connectivity index (χ0v) is 15.2. The SMILES string of the molecule is CC(=O)NC(C(=O)NCCCC(=O)N1Cc2ccccc2C1)C(C)C. The van der Waals surface area contributed by atoms with Gasteiger partial charge in [-0.3, -0.25) is 14.4 Å². The van der Waals surface area contributed by atoms with Gasteiger partial charge in [-0.2, -0.15) is 0 Å². The fourth-order valence-electron chi connectivity index (χ4n) is 2.98. The predicted octanol–water partition coefficient (Wildman–Crippen LogP) is 1.59. The molecule has 2 N–H and O–H groups in total. The smallest absolute Gasteiger partial charge is 0.242 e. The van der Waals surface area contributed by atoms with Crippen molar-refractivity contribution in [3.8, 4) is 0 Å². The lowest BCUT2D eigenvalue weighted by atomic mass is 10.0. The van der Waals surface area contributed by atoms with E-state index in [1.165, 1.54) is 18.1 Å². The number of nitrogens with zero attached hydrogens (tertiary/aromatic N) is 1. The highest BCUT2D eigenvalue weighted by Crippen LogP contribution is 2.22. The van der Waals surface area contributed by atoms with Crippen LogP contribution in [-0.4, -0.2) is 35.2 Å². The highest BCUT2D eigenvalue weighted by Gasteiger charge is 2.24. The summed E-state index contributed by atoms with van der Waals surface area (Å²) >= 11 is 0. The predicted molar refractivity (Wildman–Crippen MR) is 95.4 cm³/mol. The Labute approximate surface area is 149 Å². The summed E-state index contributed by atoms with van der Waals surface area (Å²) in [5.74, 6) is -0.315. The fourth-order valence-corrected chi connectivity index (χ4v) is 2.98. The van der Waals surface area contributed by atoms with Gasteiger partial charge in [0.2, 0.25) is 17.7 Å². The normalized spacial score (nSPS) is 14.2.